The molecule has 1 rings (SSSR count). The maximum Gasteiger partial charge on any atom is 0.304 e. The fraction of sp³-hybridized carbons (Fsp3) is 0.375. The summed E-state index contributed by atoms with van der Waals surface area (Å²) in [6, 6.07) is 0. The van der Waals surface area contributed by atoms with Crippen LogP contribution in [0.4, 0.5) is 0 Å². The predicted molar refractivity (Wildman–Crippen MR) is 40.0 cm³/mol. The normalized spacial score (nSPS) is 28.8. The average Bonchev–Trinajstić information content (AvgIpc) is 1.93. The Kier molecular flexibility index (Phi) is 2.44. The lowest BCUT2D eigenvalue weighted by atomic mass is 9.95. The van der Waals surface area contributed by atoms with Gasteiger partial charge in [0.15, 0.2) is 0 Å². The minimum absolute atomic E-state index is 0.0119. The first-order valence-corrected chi connectivity index (χ1v) is 3.45. The first kappa shape index (κ1) is 8.01. The molecule has 0 aliphatic heterocycles. The van der Waals surface area contributed by atoms with E-state index in [1.165, 1.54) is 0 Å². The van der Waals surface area contributed by atoms with Gasteiger partial charge < -0.3 is 10.2 Å². The number of aliphatic carboxylic acids is 1. The summed E-state index contributed by atoms with van der Waals surface area (Å²) in [5.74, 6) is -1.15. The molecule has 11 heavy (non-hydrogen) atoms. The fourth-order valence-corrected chi connectivity index (χ4v) is 1.03. The Morgan fingerprint density at radius 1 is 1.36 bits per heavy atom. The molecule has 3 nitrogen and oxygen atoms in total. The van der Waals surface area contributed by atoms with Gasteiger partial charge in [0.05, 0.1) is 12.5 Å². The van der Waals surface area contributed by atoms with Gasteiger partial charge in [-0.05, 0) is 0 Å². The second-order valence-electron chi connectivity index (χ2n) is 2.52. The number of rotatable bonds is 2. The molecule has 0 fully saturated rings. The number of carbonyl (C=O) groups is 1. The molecule has 0 aromatic carbocycles. The van der Waals surface area contributed by atoms with Gasteiger partial charge in [0.2, 0.25) is 0 Å². The van der Waals surface area contributed by atoms with Crippen molar-refractivity contribution in [2.75, 3.05) is 0 Å². The van der Waals surface area contributed by atoms with Gasteiger partial charge in [-0.25, -0.2) is 0 Å². The van der Waals surface area contributed by atoms with Gasteiger partial charge >= 0.3 is 5.97 Å². The summed E-state index contributed by atoms with van der Waals surface area (Å²) in [7, 11) is 0. The highest BCUT2D eigenvalue weighted by Gasteiger charge is 2.18. The summed E-state index contributed by atoms with van der Waals surface area (Å²) in [6.07, 6.45) is 6.11. The summed E-state index contributed by atoms with van der Waals surface area (Å²) >= 11 is 0. The zero-order chi connectivity index (χ0) is 8.27. The van der Waals surface area contributed by atoms with Crippen molar-refractivity contribution < 1.29 is 15.0 Å². The number of carboxylic acids is 1. The highest BCUT2D eigenvalue weighted by Crippen LogP contribution is 2.15. The van der Waals surface area contributed by atoms with Crippen molar-refractivity contribution in [3.05, 3.63) is 24.3 Å². The summed E-state index contributed by atoms with van der Waals surface area (Å²) < 4.78 is 0. The fourth-order valence-electron chi connectivity index (χ4n) is 1.03. The Hall–Kier alpha value is -1.09. The molecule has 0 aromatic heterocycles. The lowest BCUT2D eigenvalue weighted by molar-refractivity contribution is -0.138. The van der Waals surface area contributed by atoms with Gasteiger partial charge in [-0.3, -0.25) is 4.79 Å². The van der Waals surface area contributed by atoms with E-state index in [9.17, 15) is 9.90 Å². The van der Waals surface area contributed by atoms with E-state index in [4.69, 9.17) is 5.11 Å². The lowest BCUT2D eigenvalue weighted by Crippen LogP contribution is -2.20. The lowest BCUT2D eigenvalue weighted by Gasteiger charge is -2.16. The molecular formula is C8H10O3. The second-order valence-corrected chi connectivity index (χ2v) is 2.52. The van der Waals surface area contributed by atoms with Crippen molar-refractivity contribution in [3.8, 4) is 0 Å². The van der Waals surface area contributed by atoms with Gasteiger partial charge in [0.1, 0.15) is 0 Å². The zero-order valence-electron chi connectivity index (χ0n) is 5.97. The molecule has 0 heterocycles. The van der Waals surface area contributed by atoms with E-state index in [0.717, 1.165) is 0 Å². The molecule has 3 heteroatoms. The van der Waals surface area contributed by atoms with Crippen molar-refractivity contribution in [2.24, 2.45) is 5.92 Å². The Morgan fingerprint density at radius 2 is 2.00 bits per heavy atom. The predicted octanol–water partition coefficient (Wildman–Crippen LogP) is 0.564. The van der Waals surface area contributed by atoms with Crippen LogP contribution < -0.4 is 0 Å². The topological polar surface area (TPSA) is 57.5 Å². The molecule has 2 N–H and O–H groups in total. The smallest absolute Gasteiger partial charge is 0.304 e. The van der Waals surface area contributed by atoms with E-state index in [1.54, 1.807) is 24.3 Å². The van der Waals surface area contributed by atoms with Crippen LogP contribution >= 0.6 is 0 Å². The van der Waals surface area contributed by atoms with Crippen LogP contribution in [0.25, 0.3) is 0 Å². The summed E-state index contributed by atoms with van der Waals surface area (Å²) in [4.78, 5) is 10.2. The summed E-state index contributed by atoms with van der Waals surface area (Å²) in [5.41, 5.74) is 0. The molecule has 0 bridgehead atoms. The van der Waals surface area contributed by atoms with Gasteiger partial charge in [-0.2, -0.15) is 0 Å². The Labute approximate surface area is 64.7 Å². The minimum Gasteiger partial charge on any atom is -0.481 e. The zero-order valence-corrected chi connectivity index (χ0v) is 5.97. The highest BCUT2D eigenvalue weighted by molar-refractivity contribution is 5.67. The van der Waals surface area contributed by atoms with E-state index in [1.807, 2.05) is 0 Å². The number of carboxylic acid groups (broad SMARTS) is 1. The van der Waals surface area contributed by atoms with Crippen LogP contribution in [0.3, 0.4) is 0 Å². The molecule has 0 saturated carbocycles. The molecule has 2 atom stereocenters. The number of aliphatic hydroxyl groups excluding tert-OH is 1. The van der Waals surface area contributed by atoms with Gasteiger partial charge in [0.25, 0.3) is 0 Å². The third-order valence-corrected chi connectivity index (χ3v) is 1.63. The van der Waals surface area contributed by atoms with Crippen molar-refractivity contribution >= 4 is 5.97 Å². The van der Waals surface area contributed by atoms with E-state index in [0.29, 0.717) is 0 Å². The van der Waals surface area contributed by atoms with Crippen LogP contribution in [-0.4, -0.2) is 22.3 Å². The molecule has 0 aromatic rings. The SMILES string of the molecule is O=C(O)CC1C=CC=CC1O. The quantitative estimate of drug-likeness (QED) is 0.611. The second kappa shape index (κ2) is 3.34. The molecule has 60 valence electrons. The number of allylic oxidation sites excluding steroid dienone is 2. The first-order chi connectivity index (χ1) is 5.20. The van der Waals surface area contributed by atoms with E-state index < -0.39 is 12.1 Å². The molecular weight excluding hydrogens is 144 g/mol. The third-order valence-electron chi connectivity index (χ3n) is 1.63. The van der Waals surface area contributed by atoms with Crippen LogP contribution in [0.1, 0.15) is 6.42 Å². The molecule has 1 aliphatic carbocycles. The Morgan fingerprint density at radius 3 is 2.55 bits per heavy atom. The van der Waals surface area contributed by atoms with Crippen molar-refractivity contribution in [2.45, 2.75) is 12.5 Å². The van der Waals surface area contributed by atoms with Crippen molar-refractivity contribution in [3.63, 3.8) is 0 Å². The average molecular weight is 154 g/mol. The van der Waals surface area contributed by atoms with E-state index in [2.05, 4.69) is 0 Å². The minimum atomic E-state index is -0.881. The van der Waals surface area contributed by atoms with Crippen molar-refractivity contribution in [1.82, 2.24) is 0 Å². The maximum absolute atomic E-state index is 10.2. The van der Waals surface area contributed by atoms with Gasteiger partial charge in [0, 0.05) is 5.92 Å². The summed E-state index contributed by atoms with van der Waals surface area (Å²) in [6.45, 7) is 0. The monoisotopic (exact) mass is 154 g/mol. The molecule has 0 amide bonds. The van der Waals surface area contributed by atoms with Crippen LogP contribution in [0, 0.1) is 5.92 Å². The molecule has 0 spiro atoms. The highest BCUT2D eigenvalue weighted by atomic mass is 16.4. The molecule has 0 radical (unpaired) electrons. The standard InChI is InChI=1S/C8H10O3/c9-7-4-2-1-3-6(7)5-8(10)11/h1-4,6-7,9H,5H2,(H,10,11). The van der Waals surface area contributed by atoms with Crippen LogP contribution in [0.5, 0.6) is 0 Å². The van der Waals surface area contributed by atoms with Crippen LogP contribution in [-0.2, 0) is 4.79 Å². The van der Waals surface area contributed by atoms with Crippen molar-refractivity contribution in [1.29, 1.82) is 0 Å². The third kappa shape index (κ3) is 2.20. The van der Waals surface area contributed by atoms with E-state index in [-0.39, 0.29) is 12.3 Å². The van der Waals surface area contributed by atoms with Crippen LogP contribution in [0.15, 0.2) is 24.3 Å². The Balaban J connectivity index is 2.52. The maximum atomic E-state index is 10.2. The number of hydrogen-bond donors (Lipinski definition) is 2. The van der Waals surface area contributed by atoms with Gasteiger partial charge in [-0.1, -0.05) is 24.3 Å². The largest absolute Gasteiger partial charge is 0.481 e. The summed E-state index contributed by atoms with van der Waals surface area (Å²) in [5, 5.41) is 17.6. The molecule has 1 aliphatic rings. The van der Waals surface area contributed by atoms with Gasteiger partial charge in [-0.15, -0.1) is 0 Å². The Bertz CT molecular complexity index is 205. The molecule has 2 unspecified atom stereocenters. The molecule has 0 saturated heterocycles. The van der Waals surface area contributed by atoms with Crippen LogP contribution in [0.2, 0.25) is 0 Å². The number of hydrogen-bond acceptors (Lipinski definition) is 2. The number of aliphatic hydroxyl groups is 1. The van der Waals surface area contributed by atoms with E-state index >= 15 is 0 Å². The first-order valence-electron chi connectivity index (χ1n) is 3.45.